The molecule has 6 heteroatoms. The Balaban J connectivity index is 2.62. The van der Waals surface area contributed by atoms with E-state index >= 15 is 0 Å². The van der Waals surface area contributed by atoms with Gasteiger partial charge >= 0.3 is 5.97 Å². The van der Waals surface area contributed by atoms with Crippen LogP contribution in [0, 0.1) is 0 Å². The third-order valence-electron chi connectivity index (χ3n) is 2.46. The molecule has 0 aliphatic heterocycles. The maximum Gasteiger partial charge on any atom is 0.358 e. The van der Waals surface area contributed by atoms with Crippen molar-refractivity contribution >= 4 is 5.97 Å². The van der Waals surface area contributed by atoms with E-state index in [9.17, 15) is 4.79 Å². The Hall–Kier alpha value is -1.43. The molecular weight excluding hydrogens is 208 g/mol. The number of nitrogens with two attached hydrogens (primary N) is 1. The zero-order chi connectivity index (χ0) is 12.0. The fraction of sp³-hybridized carbons (Fsp3) is 0.700. The van der Waals surface area contributed by atoms with Crippen LogP contribution in [0.4, 0.5) is 0 Å². The van der Waals surface area contributed by atoms with E-state index in [1.54, 1.807) is 4.68 Å². The van der Waals surface area contributed by atoms with Crippen molar-refractivity contribution in [3.63, 3.8) is 0 Å². The summed E-state index contributed by atoms with van der Waals surface area (Å²) in [6, 6.07) is 0. The van der Waals surface area contributed by atoms with Crippen molar-refractivity contribution < 1.29 is 9.90 Å². The van der Waals surface area contributed by atoms with Crippen molar-refractivity contribution in [1.82, 2.24) is 15.0 Å². The minimum absolute atomic E-state index is 0.0296. The summed E-state index contributed by atoms with van der Waals surface area (Å²) in [6.07, 6.45) is 4.44. The van der Waals surface area contributed by atoms with Crippen LogP contribution >= 0.6 is 0 Å². The maximum absolute atomic E-state index is 10.8. The number of aryl methyl sites for hydroxylation is 1. The number of aromatic carboxylic acids is 1. The molecule has 3 N–H and O–H groups in total. The van der Waals surface area contributed by atoms with Crippen molar-refractivity contribution in [2.24, 2.45) is 5.73 Å². The summed E-state index contributed by atoms with van der Waals surface area (Å²) < 4.78 is 1.60. The average molecular weight is 226 g/mol. The number of carboxylic acids is 1. The van der Waals surface area contributed by atoms with Crippen LogP contribution in [0.25, 0.3) is 0 Å². The molecule has 0 aromatic carbocycles. The first-order chi connectivity index (χ1) is 7.70. The van der Waals surface area contributed by atoms with Crippen molar-refractivity contribution in [3.8, 4) is 0 Å². The van der Waals surface area contributed by atoms with E-state index in [-0.39, 0.29) is 12.2 Å². The van der Waals surface area contributed by atoms with Crippen LogP contribution in [0.1, 0.15) is 48.8 Å². The summed E-state index contributed by atoms with van der Waals surface area (Å²) in [6.45, 7) is 2.98. The van der Waals surface area contributed by atoms with E-state index < -0.39 is 5.97 Å². The molecule has 0 bridgehead atoms. The Morgan fingerprint density at radius 1 is 1.44 bits per heavy atom. The minimum Gasteiger partial charge on any atom is -0.476 e. The quantitative estimate of drug-likeness (QED) is 0.677. The third-order valence-corrected chi connectivity index (χ3v) is 2.46. The predicted molar refractivity (Wildman–Crippen MR) is 59.0 cm³/mol. The van der Waals surface area contributed by atoms with E-state index in [4.69, 9.17) is 10.8 Å². The Morgan fingerprint density at radius 3 is 2.75 bits per heavy atom. The molecule has 0 aliphatic rings. The van der Waals surface area contributed by atoms with E-state index in [0.29, 0.717) is 12.2 Å². The third kappa shape index (κ3) is 3.03. The molecule has 0 saturated heterocycles. The first-order valence-electron chi connectivity index (χ1n) is 5.56. The van der Waals surface area contributed by atoms with Gasteiger partial charge in [0, 0.05) is 13.1 Å². The van der Waals surface area contributed by atoms with Crippen molar-refractivity contribution in [1.29, 1.82) is 0 Å². The molecule has 16 heavy (non-hydrogen) atoms. The smallest absolute Gasteiger partial charge is 0.358 e. The molecule has 0 saturated carbocycles. The molecule has 0 unspecified atom stereocenters. The molecule has 0 spiro atoms. The lowest BCUT2D eigenvalue weighted by Crippen LogP contribution is -2.12. The SMILES string of the molecule is CCCCCCn1nnc(C(=O)O)c1CN. The van der Waals surface area contributed by atoms with E-state index in [0.717, 1.165) is 12.8 Å². The maximum atomic E-state index is 10.8. The number of aromatic nitrogens is 3. The summed E-state index contributed by atoms with van der Waals surface area (Å²) >= 11 is 0. The second kappa shape index (κ2) is 6.22. The highest BCUT2D eigenvalue weighted by Gasteiger charge is 2.16. The number of carboxylic acid groups (broad SMARTS) is 1. The zero-order valence-corrected chi connectivity index (χ0v) is 9.52. The van der Waals surface area contributed by atoms with Crippen LogP contribution in [-0.4, -0.2) is 26.1 Å². The number of nitrogens with zero attached hydrogens (tertiary/aromatic N) is 3. The van der Waals surface area contributed by atoms with Crippen LogP contribution in [0.5, 0.6) is 0 Å². The molecule has 90 valence electrons. The summed E-state index contributed by atoms with van der Waals surface area (Å²) in [5, 5.41) is 16.3. The first-order valence-corrected chi connectivity index (χ1v) is 5.56. The molecule has 0 aliphatic carbocycles. The molecule has 1 heterocycles. The average Bonchev–Trinajstić information content (AvgIpc) is 2.67. The number of carbonyl (C=O) groups is 1. The highest BCUT2D eigenvalue weighted by molar-refractivity contribution is 5.86. The first kappa shape index (κ1) is 12.6. The Labute approximate surface area is 94.4 Å². The van der Waals surface area contributed by atoms with Gasteiger partial charge in [-0.1, -0.05) is 31.4 Å². The number of rotatable bonds is 7. The van der Waals surface area contributed by atoms with Crippen LogP contribution in [0.15, 0.2) is 0 Å². The molecule has 0 amide bonds. The van der Waals surface area contributed by atoms with Crippen LogP contribution in [0.3, 0.4) is 0 Å². The summed E-state index contributed by atoms with van der Waals surface area (Å²) in [5.74, 6) is -1.07. The highest BCUT2D eigenvalue weighted by atomic mass is 16.4. The second-order valence-electron chi connectivity index (χ2n) is 3.68. The number of unbranched alkanes of at least 4 members (excludes halogenated alkanes) is 3. The molecule has 1 aromatic rings. The van der Waals surface area contributed by atoms with E-state index in [1.807, 2.05) is 0 Å². The van der Waals surface area contributed by atoms with Crippen LogP contribution in [0.2, 0.25) is 0 Å². The lowest BCUT2D eigenvalue weighted by atomic mass is 10.2. The van der Waals surface area contributed by atoms with E-state index in [1.165, 1.54) is 12.8 Å². The van der Waals surface area contributed by atoms with Crippen molar-refractivity contribution in [2.45, 2.75) is 45.7 Å². The molecular formula is C10H18N4O2. The van der Waals surface area contributed by atoms with Gasteiger partial charge in [0.1, 0.15) is 0 Å². The highest BCUT2D eigenvalue weighted by Crippen LogP contribution is 2.07. The zero-order valence-electron chi connectivity index (χ0n) is 9.52. The second-order valence-corrected chi connectivity index (χ2v) is 3.68. The van der Waals surface area contributed by atoms with Gasteiger partial charge in [0.25, 0.3) is 0 Å². The summed E-state index contributed by atoms with van der Waals surface area (Å²) in [5.41, 5.74) is 5.97. The van der Waals surface area contributed by atoms with E-state index in [2.05, 4.69) is 17.2 Å². The summed E-state index contributed by atoms with van der Waals surface area (Å²) in [4.78, 5) is 10.8. The van der Waals surface area contributed by atoms with Gasteiger partial charge in [-0.2, -0.15) is 0 Å². The standard InChI is InChI=1S/C10H18N4O2/c1-2-3-4-5-6-14-8(7-11)9(10(15)16)12-13-14/h2-7,11H2,1H3,(H,15,16). The van der Waals surface area contributed by atoms with Gasteiger partial charge in [0.15, 0.2) is 5.69 Å². The normalized spacial score (nSPS) is 10.6. The molecule has 1 aromatic heterocycles. The Morgan fingerprint density at radius 2 is 2.19 bits per heavy atom. The molecule has 6 nitrogen and oxygen atoms in total. The van der Waals surface area contributed by atoms with Crippen LogP contribution < -0.4 is 5.73 Å². The monoisotopic (exact) mass is 226 g/mol. The van der Waals surface area contributed by atoms with Gasteiger partial charge in [0.05, 0.1) is 5.69 Å². The van der Waals surface area contributed by atoms with Gasteiger partial charge in [-0.3, -0.25) is 0 Å². The van der Waals surface area contributed by atoms with Gasteiger partial charge in [-0.25, -0.2) is 9.48 Å². The fourth-order valence-corrected chi connectivity index (χ4v) is 1.57. The van der Waals surface area contributed by atoms with Crippen LogP contribution in [-0.2, 0) is 13.1 Å². The topological polar surface area (TPSA) is 94.0 Å². The minimum atomic E-state index is -1.07. The van der Waals surface area contributed by atoms with Gasteiger partial charge in [0.2, 0.25) is 0 Å². The number of hydrogen-bond donors (Lipinski definition) is 2. The number of hydrogen-bond acceptors (Lipinski definition) is 4. The predicted octanol–water partition coefficient (Wildman–Crippen LogP) is 1.02. The Bertz CT molecular complexity index is 349. The lowest BCUT2D eigenvalue weighted by molar-refractivity contribution is 0.0689. The molecule has 0 atom stereocenters. The molecule has 0 fully saturated rings. The summed E-state index contributed by atoms with van der Waals surface area (Å²) in [7, 11) is 0. The fourth-order valence-electron chi connectivity index (χ4n) is 1.57. The van der Waals surface area contributed by atoms with Crippen molar-refractivity contribution in [3.05, 3.63) is 11.4 Å². The molecule has 1 rings (SSSR count). The largest absolute Gasteiger partial charge is 0.476 e. The van der Waals surface area contributed by atoms with Gasteiger partial charge < -0.3 is 10.8 Å². The lowest BCUT2D eigenvalue weighted by Gasteiger charge is -2.04. The van der Waals surface area contributed by atoms with Gasteiger partial charge in [-0.15, -0.1) is 5.10 Å². The van der Waals surface area contributed by atoms with Crippen molar-refractivity contribution in [2.75, 3.05) is 0 Å². The Kier molecular flexibility index (Phi) is 4.91. The van der Waals surface area contributed by atoms with Gasteiger partial charge in [-0.05, 0) is 6.42 Å². The molecule has 0 radical (unpaired) electrons.